The molecule has 6 nitrogen and oxygen atoms in total. The van der Waals surface area contributed by atoms with Gasteiger partial charge in [0.15, 0.2) is 5.65 Å². The Bertz CT molecular complexity index is 473. The van der Waals surface area contributed by atoms with Gasteiger partial charge in [-0.3, -0.25) is 0 Å². The smallest absolute Gasteiger partial charge is 0.180 e. The number of hydrogen-bond donors (Lipinski definition) is 2. The van der Waals surface area contributed by atoms with Gasteiger partial charge in [-0.2, -0.15) is 0 Å². The van der Waals surface area contributed by atoms with Gasteiger partial charge in [0.05, 0.1) is 18.9 Å². The van der Waals surface area contributed by atoms with E-state index in [0.717, 1.165) is 49.3 Å². The van der Waals surface area contributed by atoms with E-state index >= 15 is 0 Å². The van der Waals surface area contributed by atoms with E-state index in [4.69, 9.17) is 4.74 Å². The zero-order valence-corrected chi connectivity index (χ0v) is 10.2. The molecule has 0 spiro atoms. The van der Waals surface area contributed by atoms with Crippen molar-refractivity contribution in [2.75, 3.05) is 19.7 Å². The SMILES string of the molecule is c1ncc2[nH]c(CCOC3CCNCC3)nc2n1. The molecule has 0 saturated carbocycles. The zero-order valence-electron chi connectivity index (χ0n) is 10.2. The first-order valence-corrected chi connectivity index (χ1v) is 6.39. The third-order valence-corrected chi connectivity index (χ3v) is 3.19. The fourth-order valence-corrected chi connectivity index (χ4v) is 2.21. The Balaban J connectivity index is 1.53. The van der Waals surface area contributed by atoms with Gasteiger partial charge in [-0.1, -0.05) is 0 Å². The summed E-state index contributed by atoms with van der Waals surface area (Å²) in [6.07, 6.45) is 6.65. The van der Waals surface area contributed by atoms with Crippen LogP contribution in [-0.2, 0) is 11.2 Å². The first-order chi connectivity index (χ1) is 8.92. The van der Waals surface area contributed by atoms with Crippen molar-refractivity contribution in [2.24, 2.45) is 0 Å². The molecule has 1 fully saturated rings. The molecule has 1 aliphatic heterocycles. The molecule has 3 heterocycles. The summed E-state index contributed by atoms with van der Waals surface area (Å²) in [4.78, 5) is 15.7. The predicted octanol–water partition coefficient (Wildman–Crippen LogP) is 0.664. The highest BCUT2D eigenvalue weighted by Gasteiger charge is 2.13. The van der Waals surface area contributed by atoms with Gasteiger partial charge in [0.1, 0.15) is 17.7 Å². The molecule has 0 atom stereocenters. The highest BCUT2D eigenvalue weighted by molar-refractivity contribution is 5.68. The highest BCUT2D eigenvalue weighted by Crippen LogP contribution is 2.09. The number of aromatic nitrogens is 4. The summed E-state index contributed by atoms with van der Waals surface area (Å²) >= 11 is 0. The van der Waals surface area contributed by atoms with Crippen molar-refractivity contribution in [2.45, 2.75) is 25.4 Å². The summed E-state index contributed by atoms with van der Waals surface area (Å²) in [5.74, 6) is 0.916. The molecule has 2 aromatic rings. The van der Waals surface area contributed by atoms with Gasteiger partial charge in [-0.15, -0.1) is 0 Å². The number of fused-ring (bicyclic) bond motifs is 1. The molecule has 0 unspecified atom stereocenters. The van der Waals surface area contributed by atoms with Crippen molar-refractivity contribution < 1.29 is 4.74 Å². The van der Waals surface area contributed by atoms with Crippen LogP contribution in [0.3, 0.4) is 0 Å². The number of aromatic amines is 1. The van der Waals surface area contributed by atoms with Crippen molar-refractivity contribution in [3.63, 3.8) is 0 Å². The van der Waals surface area contributed by atoms with Crippen molar-refractivity contribution in [1.82, 2.24) is 25.3 Å². The van der Waals surface area contributed by atoms with Crippen LogP contribution < -0.4 is 5.32 Å². The fourth-order valence-electron chi connectivity index (χ4n) is 2.21. The average molecular weight is 247 g/mol. The van der Waals surface area contributed by atoms with Gasteiger partial charge < -0.3 is 15.0 Å². The van der Waals surface area contributed by atoms with E-state index in [2.05, 4.69) is 25.3 Å². The lowest BCUT2D eigenvalue weighted by atomic mass is 10.1. The van der Waals surface area contributed by atoms with E-state index in [0.29, 0.717) is 12.7 Å². The summed E-state index contributed by atoms with van der Waals surface area (Å²) < 4.78 is 5.85. The highest BCUT2D eigenvalue weighted by atomic mass is 16.5. The van der Waals surface area contributed by atoms with E-state index in [1.54, 1.807) is 6.20 Å². The third kappa shape index (κ3) is 2.65. The number of hydrogen-bond acceptors (Lipinski definition) is 5. The molecule has 3 rings (SSSR count). The molecule has 2 aromatic heterocycles. The van der Waals surface area contributed by atoms with Crippen LogP contribution in [-0.4, -0.2) is 45.7 Å². The second-order valence-corrected chi connectivity index (χ2v) is 4.51. The minimum Gasteiger partial charge on any atom is -0.378 e. The molecule has 18 heavy (non-hydrogen) atoms. The molecule has 1 saturated heterocycles. The number of H-pyrrole nitrogens is 1. The molecule has 6 heteroatoms. The third-order valence-electron chi connectivity index (χ3n) is 3.19. The maximum Gasteiger partial charge on any atom is 0.180 e. The molecule has 0 bridgehead atoms. The van der Waals surface area contributed by atoms with Crippen molar-refractivity contribution in [3.05, 3.63) is 18.3 Å². The summed E-state index contributed by atoms with van der Waals surface area (Å²) in [7, 11) is 0. The van der Waals surface area contributed by atoms with Gasteiger partial charge in [0.25, 0.3) is 0 Å². The summed E-state index contributed by atoms with van der Waals surface area (Å²) in [6, 6.07) is 0. The second kappa shape index (κ2) is 5.41. The lowest BCUT2D eigenvalue weighted by molar-refractivity contribution is 0.0343. The Hall–Kier alpha value is -1.53. The lowest BCUT2D eigenvalue weighted by Crippen LogP contribution is -2.32. The first kappa shape index (κ1) is 11.6. The number of imidazole rings is 1. The maximum absolute atomic E-state index is 5.85. The van der Waals surface area contributed by atoms with Gasteiger partial charge in [-0.25, -0.2) is 15.0 Å². The van der Waals surface area contributed by atoms with Crippen LogP contribution in [0.25, 0.3) is 11.2 Å². The van der Waals surface area contributed by atoms with Crippen LogP contribution in [0.4, 0.5) is 0 Å². The Morgan fingerprint density at radius 3 is 3.06 bits per heavy atom. The Labute approximate surface area is 105 Å². The Morgan fingerprint density at radius 1 is 1.33 bits per heavy atom. The molecule has 1 aliphatic rings. The average Bonchev–Trinajstić information content (AvgIpc) is 2.82. The number of rotatable bonds is 4. The van der Waals surface area contributed by atoms with Crippen LogP contribution in [0.15, 0.2) is 12.5 Å². The minimum atomic E-state index is 0.399. The number of piperidine rings is 1. The summed E-state index contributed by atoms with van der Waals surface area (Å²) in [6.45, 7) is 2.83. The second-order valence-electron chi connectivity index (χ2n) is 4.51. The lowest BCUT2D eigenvalue weighted by Gasteiger charge is -2.22. The van der Waals surface area contributed by atoms with Crippen LogP contribution in [0.1, 0.15) is 18.7 Å². The van der Waals surface area contributed by atoms with Gasteiger partial charge in [-0.05, 0) is 25.9 Å². The first-order valence-electron chi connectivity index (χ1n) is 6.39. The largest absolute Gasteiger partial charge is 0.378 e. The fraction of sp³-hybridized carbons (Fsp3) is 0.583. The van der Waals surface area contributed by atoms with E-state index in [9.17, 15) is 0 Å². The molecular weight excluding hydrogens is 230 g/mol. The monoisotopic (exact) mass is 247 g/mol. The van der Waals surface area contributed by atoms with Crippen LogP contribution in [0.5, 0.6) is 0 Å². The van der Waals surface area contributed by atoms with Crippen molar-refractivity contribution >= 4 is 11.2 Å². The van der Waals surface area contributed by atoms with E-state index < -0.39 is 0 Å². The minimum absolute atomic E-state index is 0.399. The Kier molecular flexibility index (Phi) is 3.47. The van der Waals surface area contributed by atoms with Crippen LogP contribution >= 0.6 is 0 Å². The molecule has 0 radical (unpaired) electrons. The molecule has 2 N–H and O–H groups in total. The molecule has 96 valence electrons. The molecular formula is C12H17N5O. The predicted molar refractivity (Wildman–Crippen MR) is 67.2 cm³/mol. The molecule has 0 amide bonds. The van der Waals surface area contributed by atoms with Crippen molar-refractivity contribution in [1.29, 1.82) is 0 Å². The standard InChI is InChI=1S/C12H17N5O/c1-4-13-5-2-9(1)18-6-3-11-16-10-7-14-8-15-12(10)17-11/h7-9,13H,1-6H2,(H,14,15,16,17). The summed E-state index contributed by atoms with van der Waals surface area (Å²) in [5.41, 5.74) is 1.61. The summed E-state index contributed by atoms with van der Waals surface area (Å²) in [5, 5.41) is 3.33. The van der Waals surface area contributed by atoms with Gasteiger partial charge >= 0.3 is 0 Å². The normalized spacial score (nSPS) is 17.3. The zero-order chi connectivity index (χ0) is 12.2. The molecule has 0 aliphatic carbocycles. The number of nitrogens with one attached hydrogen (secondary N) is 2. The van der Waals surface area contributed by atoms with E-state index in [-0.39, 0.29) is 0 Å². The quantitative estimate of drug-likeness (QED) is 0.830. The number of ether oxygens (including phenoxy) is 1. The van der Waals surface area contributed by atoms with Crippen LogP contribution in [0, 0.1) is 0 Å². The van der Waals surface area contributed by atoms with Gasteiger partial charge in [0.2, 0.25) is 0 Å². The van der Waals surface area contributed by atoms with E-state index in [1.807, 2.05) is 0 Å². The topological polar surface area (TPSA) is 75.7 Å². The van der Waals surface area contributed by atoms with E-state index in [1.165, 1.54) is 6.33 Å². The number of nitrogens with zero attached hydrogens (tertiary/aromatic N) is 3. The maximum atomic E-state index is 5.85. The van der Waals surface area contributed by atoms with Gasteiger partial charge in [0, 0.05) is 6.42 Å². The van der Waals surface area contributed by atoms with Crippen LogP contribution in [0.2, 0.25) is 0 Å². The Morgan fingerprint density at radius 2 is 2.22 bits per heavy atom. The molecule has 0 aromatic carbocycles. The van der Waals surface area contributed by atoms with Crippen molar-refractivity contribution in [3.8, 4) is 0 Å².